The summed E-state index contributed by atoms with van der Waals surface area (Å²) >= 11 is 0. The summed E-state index contributed by atoms with van der Waals surface area (Å²) in [5, 5.41) is 21.3. The minimum atomic E-state index is -0.709. The van der Waals surface area contributed by atoms with Crippen LogP contribution in [0.1, 0.15) is 36.3 Å². The smallest absolute Gasteiger partial charge is 0.269 e. The van der Waals surface area contributed by atoms with Crippen LogP contribution in [-0.2, 0) is 4.79 Å². The Hall–Kier alpha value is -3.92. The van der Waals surface area contributed by atoms with E-state index < -0.39 is 10.8 Å². The quantitative estimate of drug-likeness (QED) is 0.610. The summed E-state index contributed by atoms with van der Waals surface area (Å²) < 4.78 is 0. The molecule has 2 aromatic rings. The highest BCUT2D eigenvalue weighted by atomic mass is 16.6. The van der Waals surface area contributed by atoms with Gasteiger partial charge in [-0.05, 0) is 37.5 Å². The van der Waals surface area contributed by atoms with E-state index in [9.17, 15) is 20.2 Å². The highest BCUT2D eigenvalue weighted by molar-refractivity contribution is 6.01. The van der Waals surface area contributed by atoms with Gasteiger partial charge in [0, 0.05) is 35.5 Å². The van der Waals surface area contributed by atoms with Gasteiger partial charge in [0.15, 0.2) is 5.78 Å². The molecule has 7 nitrogen and oxygen atoms in total. The lowest BCUT2D eigenvalue weighted by molar-refractivity contribution is -0.384. The van der Waals surface area contributed by atoms with Crippen molar-refractivity contribution in [2.24, 2.45) is 5.73 Å². The molecule has 0 aromatic heterocycles. The Morgan fingerprint density at radius 2 is 1.93 bits per heavy atom. The third kappa shape index (κ3) is 3.12. The predicted molar refractivity (Wildman–Crippen MR) is 112 cm³/mol. The Balaban J connectivity index is 1.96. The number of nitrogens with zero attached hydrogens (tertiary/aromatic N) is 3. The number of Topliss-reactive ketones (excluding diaryl/α,β-unsaturated/α-hetero) is 1. The number of carbonyl (C=O) groups excluding carboxylic acids is 1. The van der Waals surface area contributed by atoms with E-state index in [1.54, 1.807) is 17.0 Å². The standard InChI is InChI=1S/C23H20N4O3/c1-14-8-10-16(11-9-14)26-19-6-3-7-20(28)22(19)21(18(13-24)23(26)25)15-4-2-5-17(12-15)27(29)30/h2,4-5,8-12,21H,3,6-7,25H2,1H3/t21-/m1/s1. The fourth-order valence-electron chi connectivity index (χ4n) is 4.23. The van der Waals surface area contributed by atoms with Crippen LogP contribution in [0.15, 0.2) is 71.2 Å². The van der Waals surface area contributed by atoms with Crippen LogP contribution in [0.3, 0.4) is 0 Å². The lowest BCUT2D eigenvalue weighted by Crippen LogP contribution is -2.38. The number of rotatable bonds is 3. The molecule has 1 heterocycles. The van der Waals surface area contributed by atoms with Crippen LogP contribution in [0, 0.1) is 28.4 Å². The molecule has 7 heteroatoms. The molecule has 0 amide bonds. The molecule has 2 N–H and O–H groups in total. The van der Waals surface area contributed by atoms with Crippen molar-refractivity contribution in [1.29, 1.82) is 5.26 Å². The van der Waals surface area contributed by atoms with Crippen molar-refractivity contribution in [2.45, 2.75) is 32.1 Å². The average molecular weight is 400 g/mol. The predicted octanol–water partition coefficient (Wildman–Crippen LogP) is 4.21. The Bertz CT molecular complexity index is 1160. The molecule has 0 fully saturated rings. The Morgan fingerprint density at radius 1 is 1.20 bits per heavy atom. The minimum Gasteiger partial charge on any atom is -0.384 e. The molecule has 0 saturated heterocycles. The van der Waals surface area contributed by atoms with Gasteiger partial charge in [-0.25, -0.2) is 0 Å². The average Bonchev–Trinajstić information content (AvgIpc) is 2.74. The van der Waals surface area contributed by atoms with Gasteiger partial charge in [0.2, 0.25) is 0 Å². The Kier molecular flexibility index (Phi) is 4.84. The molecule has 1 aliphatic heterocycles. The first-order valence-corrected chi connectivity index (χ1v) is 9.69. The highest BCUT2D eigenvalue weighted by Gasteiger charge is 2.40. The number of nitrogens with two attached hydrogens (primary N) is 1. The van der Waals surface area contributed by atoms with Crippen LogP contribution in [0.2, 0.25) is 0 Å². The van der Waals surface area contributed by atoms with E-state index in [1.165, 1.54) is 12.1 Å². The van der Waals surface area contributed by atoms with Crippen molar-refractivity contribution in [2.75, 3.05) is 4.90 Å². The number of nitro groups is 1. The number of nitriles is 1. The first-order valence-electron chi connectivity index (χ1n) is 9.69. The molecular formula is C23H20N4O3. The van der Waals surface area contributed by atoms with Crippen molar-refractivity contribution in [3.05, 3.63) is 92.4 Å². The summed E-state index contributed by atoms with van der Waals surface area (Å²) in [5.74, 6) is -0.504. The fourth-order valence-corrected chi connectivity index (χ4v) is 4.23. The van der Waals surface area contributed by atoms with Gasteiger partial charge in [0.05, 0.1) is 22.5 Å². The van der Waals surface area contributed by atoms with E-state index >= 15 is 0 Å². The molecule has 2 aromatic carbocycles. The van der Waals surface area contributed by atoms with Crippen molar-refractivity contribution in [3.8, 4) is 6.07 Å². The molecule has 1 aliphatic carbocycles. The number of benzene rings is 2. The topological polar surface area (TPSA) is 113 Å². The zero-order valence-electron chi connectivity index (χ0n) is 16.5. The van der Waals surface area contributed by atoms with Crippen LogP contribution >= 0.6 is 0 Å². The van der Waals surface area contributed by atoms with Gasteiger partial charge in [-0.3, -0.25) is 19.8 Å². The zero-order valence-corrected chi connectivity index (χ0v) is 16.5. The number of hydrogen-bond acceptors (Lipinski definition) is 6. The number of allylic oxidation sites excluding steroid dienone is 3. The molecule has 4 rings (SSSR count). The number of carbonyl (C=O) groups is 1. The van der Waals surface area contributed by atoms with Gasteiger partial charge in [-0.1, -0.05) is 29.8 Å². The monoisotopic (exact) mass is 400 g/mol. The SMILES string of the molecule is Cc1ccc(N2C(N)=C(C#N)[C@@H](c3cccc([N+](=O)[O-])c3)C3=C2CCCC3=O)cc1. The van der Waals surface area contributed by atoms with Gasteiger partial charge in [-0.2, -0.15) is 5.26 Å². The number of nitro benzene ring substituents is 1. The fraction of sp³-hybridized carbons (Fsp3) is 0.217. The molecule has 0 unspecified atom stereocenters. The first-order chi connectivity index (χ1) is 14.4. The second-order valence-electron chi connectivity index (χ2n) is 7.50. The molecule has 0 saturated carbocycles. The van der Waals surface area contributed by atoms with Gasteiger partial charge in [0.1, 0.15) is 5.82 Å². The third-order valence-electron chi connectivity index (χ3n) is 5.62. The molecule has 0 radical (unpaired) electrons. The number of non-ortho nitro benzene ring substituents is 1. The number of ketones is 1. The van der Waals surface area contributed by atoms with E-state index in [0.717, 1.165) is 16.9 Å². The van der Waals surface area contributed by atoms with E-state index in [-0.39, 0.29) is 22.9 Å². The maximum absolute atomic E-state index is 13.0. The van der Waals surface area contributed by atoms with Crippen LogP contribution in [-0.4, -0.2) is 10.7 Å². The van der Waals surface area contributed by atoms with Gasteiger partial charge in [-0.15, -0.1) is 0 Å². The van der Waals surface area contributed by atoms with Crippen LogP contribution in [0.5, 0.6) is 0 Å². The Morgan fingerprint density at radius 3 is 2.60 bits per heavy atom. The molecule has 0 bridgehead atoms. The van der Waals surface area contributed by atoms with Crippen LogP contribution < -0.4 is 10.6 Å². The van der Waals surface area contributed by atoms with E-state index in [0.29, 0.717) is 30.4 Å². The van der Waals surface area contributed by atoms with Gasteiger partial charge >= 0.3 is 0 Å². The lowest BCUT2D eigenvalue weighted by Gasteiger charge is -2.39. The summed E-state index contributed by atoms with van der Waals surface area (Å²) in [6.45, 7) is 1.98. The zero-order chi connectivity index (χ0) is 21.4. The Labute approximate surface area is 173 Å². The first kappa shape index (κ1) is 19.4. The molecular weight excluding hydrogens is 380 g/mol. The van der Waals surface area contributed by atoms with Crippen molar-refractivity contribution in [1.82, 2.24) is 0 Å². The van der Waals surface area contributed by atoms with Gasteiger partial charge in [0.25, 0.3) is 5.69 Å². The molecule has 150 valence electrons. The van der Waals surface area contributed by atoms with E-state index in [1.807, 2.05) is 31.2 Å². The number of hydrogen-bond donors (Lipinski definition) is 1. The normalized spacial score (nSPS) is 18.9. The molecule has 2 aliphatic rings. The lowest BCUT2D eigenvalue weighted by atomic mass is 9.75. The van der Waals surface area contributed by atoms with Gasteiger partial charge < -0.3 is 5.73 Å². The summed E-state index contributed by atoms with van der Waals surface area (Å²) in [5.41, 5.74) is 10.3. The van der Waals surface area contributed by atoms with Crippen LogP contribution in [0.4, 0.5) is 11.4 Å². The molecule has 1 atom stereocenters. The number of aryl methyl sites for hydroxylation is 1. The largest absolute Gasteiger partial charge is 0.384 e. The summed E-state index contributed by atoms with van der Waals surface area (Å²) in [6, 6.07) is 16.0. The third-order valence-corrected chi connectivity index (χ3v) is 5.62. The second-order valence-corrected chi connectivity index (χ2v) is 7.50. The minimum absolute atomic E-state index is 0.0508. The maximum atomic E-state index is 13.0. The van der Waals surface area contributed by atoms with E-state index in [2.05, 4.69) is 6.07 Å². The van der Waals surface area contributed by atoms with E-state index in [4.69, 9.17) is 5.73 Å². The van der Waals surface area contributed by atoms with Crippen molar-refractivity contribution >= 4 is 17.2 Å². The highest BCUT2D eigenvalue weighted by Crippen LogP contribution is 2.46. The summed E-state index contributed by atoms with van der Waals surface area (Å²) in [6.07, 6.45) is 1.71. The summed E-state index contributed by atoms with van der Waals surface area (Å²) in [7, 11) is 0. The number of anilines is 1. The van der Waals surface area contributed by atoms with Crippen molar-refractivity contribution < 1.29 is 9.72 Å². The molecule has 0 spiro atoms. The van der Waals surface area contributed by atoms with Crippen LogP contribution in [0.25, 0.3) is 0 Å². The second kappa shape index (κ2) is 7.48. The maximum Gasteiger partial charge on any atom is 0.269 e. The molecule has 30 heavy (non-hydrogen) atoms. The van der Waals surface area contributed by atoms with Crippen molar-refractivity contribution in [3.63, 3.8) is 0 Å². The summed E-state index contributed by atoms with van der Waals surface area (Å²) in [4.78, 5) is 25.6.